The molecule has 0 spiro atoms. The molecule has 2 rings (SSSR count). The first kappa shape index (κ1) is 23.5. The highest BCUT2D eigenvalue weighted by molar-refractivity contribution is 14.0. The number of methoxy groups -OCH3 is 1. The number of hydrogen-bond acceptors (Lipinski definition) is 4. The van der Waals surface area contributed by atoms with Crippen molar-refractivity contribution in [2.45, 2.75) is 32.4 Å². The molecule has 1 unspecified atom stereocenters. The van der Waals surface area contributed by atoms with Crippen LogP contribution in [0.15, 0.2) is 29.3 Å². The van der Waals surface area contributed by atoms with Gasteiger partial charge < -0.3 is 25.0 Å². The van der Waals surface area contributed by atoms with E-state index in [0.29, 0.717) is 26.2 Å². The van der Waals surface area contributed by atoms with Crippen LogP contribution in [0.5, 0.6) is 5.75 Å². The molecule has 0 aliphatic carbocycles. The van der Waals surface area contributed by atoms with Crippen molar-refractivity contribution in [1.82, 2.24) is 15.5 Å². The van der Waals surface area contributed by atoms with Gasteiger partial charge in [-0.3, -0.25) is 9.79 Å². The van der Waals surface area contributed by atoms with Gasteiger partial charge in [-0.05, 0) is 24.1 Å². The number of guanidine groups is 1. The van der Waals surface area contributed by atoms with E-state index in [4.69, 9.17) is 9.47 Å². The first-order chi connectivity index (χ1) is 12.7. The summed E-state index contributed by atoms with van der Waals surface area (Å²) in [4.78, 5) is 18.0. The first-order valence-corrected chi connectivity index (χ1v) is 9.12. The monoisotopic (exact) mass is 490 g/mol. The van der Waals surface area contributed by atoms with Gasteiger partial charge in [0.15, 0.2) is 5.96 Å². The van der Waals surface area contributed by atoms with Crippen LogP contribution in [-0.2, 0) is 16.1 Å². The molecule has 0 bridgehead atoms. The summed E-state index contributed by atoms with van der Waals surface area (Å²) in [6, 6.07) is 8.19. The maximum absolute atomic E-state index is 11.8. The Morgan fingerprint density at radius 2 is 2.19 bits per heavy atom. The zero-order chi connectivity index (χ0) is 18.8. The molecule has 1 aliphatic rings. The predicted octanol–water partition coefficient (Wildman–Crippen LogP) is 2.01. The maximum Gasteiger partial charge on any atom is 0.222 e. The van der Waals surface area contributed by atoms with Gasteiger partial charge in [-0.1, -0.05) is 19.1 Å². The Kier molecular flexibility index (Phi) is 11.1. The predicted molar refractivity (Wildman–Crippen MR) is 118 cm³/mol. The van der Waals surface area contributed by atoms with E-state index in [1.54, 1.807) is 14.2 Å². The molecule has 1 fully saturated rings. The third kappa shape index (κ3) is 7.92. The molecule has 1 aromatic carbocycles. The lowest BCUT2D eigenvalue weighted by atomic mass is 10.2. The molecule has 0 aromatic heterocycles. The van der Waals surface area contributed by atoms with Gasteiger partial charge in [-0.2, -0.15) is 0 Å². The molecule has 1 atom stereocenters. The number of benzene rings is 1. The minimum Gasteiger partial charge on any atom is -0.491 e. The highest BCUT2D eigenvalue weighted by Gasteiger charge is 2.25. The van der Waals surface area contributed by atoms with E-state index in [1.165, 1.54) is 0 Å². The smallest absolute Gasteiger partial charge is 0.222 e. The number of amides is 1. The molecule has 1 heterocycles. The molecular formula is C19H31IN4O3. The lowest BCUT2D eigenvalue weighted by Gasteiger charge is -2.19. The molecule has 152 valence electrons. The van der Waals surface area contributed by atoms with Crippen molar-refractivity contribution in [2.24, 2.45) is 4.99 Å². The fourth-order valence-electron chi connectivity index (χ4n) is 2.89. The lowest BCUT2D eigenvalue weighted by Crippen LogP contribution is -2.44. The number of nitrogens with zero attached hydrogens (tertiary/aromatic N) is 2. The summed E-state index contributed by atoms with van der Waals surface area (Å²) in [5.74, 6) is 1.78. The topological polar surface area (TPSA) is 75.2 Å². The minimum atomic E-state index is 0. The van der Waals surface area contributed by atoms with Gasteiger partial charge in [-0.15, -0.1) is 24.0 Å². The van der Waals surface area contributed by atoms with E-state index in [9.17, 15) is 4.79 Å². The normalized spacial score (nSPS) is 16.6. The molecule has 27 heavy (non-hydrogen) atoms. The lowest BCUT2D eigenvalue weighted by molar-refractivity contribution is -0.129. The number of nitrogens with one attached hydrogen (secondary N) is 2. The van der Waals surface area contributed by atoms with Crippen LogP contribution in [0.2, 0.25) is 0 Å². The standard InChI is InChI=1S/C19H30N4O3.HI/c1-4-18(24)23-9-8-16(14-23)22-19(20-2)21-13-15-6-5-7-17(12-15)26-11-10-25-3;/h5-7,12,16H,4,8-11,13-14H2,1-3H3,(H2,20,21,22);1H. The van der Waals surface area contributed by atoms with Crippen LogP contribution in [0.1, 0.15) is 25.3 Å². The fraction of sp³-hybridized carbons (Fsp3) is 0.579. The van der Waals surface area contributed by atoms with E-state index < -0.39 is 0 Å². The number of ether oxygens (including phenoxy) is 2. The van der Waals surface area contributed by atoms with Crippen LogP contribution < -0.4 is 15.4 Å². The van der Waals surface area contributed by atoms with Crippen LogP contribution in [0.3, 0.4) is 0 Å². The molecule has 1 amide bonds. The van der Waals surface area contributed by atoms with E-state index in [-0.39, 0.29) is 35.9 Å². The summed E-state index contributed by atoms with van der Waals surface area (Å²) in [6.07, 6.45) is 1.50. The number of halogens is 1. The van der Waals surface area contributed by atoms with Gasteiger partial charge in [0.1, 0.15) is 12.4 Å². The molecular weight excluding hydrogens is 459 g/mol. The summed E-state index contributed by atoms with van der Waals surface area (Å²) in [7, 11) is 3.41. The summed E-state index contributed by atoms with van der Waals surface area (Å²) >= 11 is 0. The van der Waals surface area contributed by atoms with E-state index >= 15 is 0 Å². The highest BCUT2D eigenvalue weighted by Crippen LogP contribution is 2.13. The summed E-state index contributed by atoms with van der Waals surface area (Å²) < 4.78 is 10.6. The zero-order valence-corrected chi connectivity index (χ0v) is 18.7. The van der Waals surface area contributed by atoms with E-state index in [2.05, 4.69) is 15.6 Å². The van der Waals surface area contributed by atoms with Crippen LogP contribution in [0.25, 0.3) is 0 Å². The summed E-state index contributed by atoms with van der Waals surface area (Å²) in [5.41, 5.74) is 1.11. The fourth-order valence-corrected chi connectivity index (χ4v) is 2.89. The van der Waals surface area contributed by atoms with Crippen molar-refractivity contribution in [3.63, 3.8) is 0 Å². The Morgan fingerprint density at radius 1 is 1.37 bits per heavy atom. The molecule has 0 saturated carbocycles. The SMILES string of the molecule is CCC(=O)N1CCC(NC(=NC)NCc2cccc(OCCOC)c2)C1.I. The number of hydrogen-bond donors (Lipinski definition) is 2. The number of carbonyl (C=O) groups is 1. The van der Waals surface area contributed by atoms with E-state index in [1.807, 2.05) is 36.1 Å². The van der Waals surface area contributed by atoms with Crippen molar-refractivity contribution < 1.29 is 14.3 Å². The van der Waals surface area contributed by atoms with Crippen molar-refractivity contribution in [3.05, 3.63) is 29.8 Å². The number of likely N-dealkylation sites (tertiary alicyclic amines) is 1. The second kappa shape index (κ2) is 12.8. The highest BCUT2D eigenvalue weighted by atomic mass is 127. The molecule has 8 heteroatoms. The largest absolute Gasteiger partial charge is 0.491 e. The quantitative estimate of drug-likeness (QED) is 0.253. The third-order valence-electron chi connectivity index (χ3n) is 4.32. The van der Waals surface area contributed by atoms with Gasteiger partial charge in [0.05, 0.1) is 6.61 Å². The van der Waals surface area contributed by atoms with Gasteiger partial charge in [0.2, 0.25) is 5.91 Å². The Balaban J connectivity index is 0.00000364. The summed E-state index contributed by atoms with van der Waals surface area (Å²) in [6.45, 7) is 5.18. The first-order valence-electron chi connectivity index (χ1n) is 9.12. The van der Waals surface area contributed by atoms with Crippen LogP contribution in [0, 0.1) is 0 Å². The van der Waals surface area contributed by atoms with Gasteiger partial charge in [0.25, 0.3) is 0 Å². The van der Waals surface area contributed by atoms with Gasteiger partial charge in [-0.25, -0.2) is 0 Å². The van der Waals surface area contributed by atoms with Crippen molar-refractivity contribution in [1.29, 1.82) is 0 Å². The maximum atomic E-state index is 11.8. The number of rotatable bonds is 8. The second-order valence-corrected chi connectivity index (χ2v) is 6.24. The van der Waals surface area contributed by atoms with Gasteiger partial charge >= 0.3 is 0 Å². The molecule has 0 radical (unpaired) electrons. The van der Waals surface area contributed by atoms with Crippen LogP contribution in [-0.4, -0.2) is 63.3 Å². The Labute approximate surface area is 178 Å². The summed E-state index contributed by atoms with van der Waals surface area (Å²) in [5, 5.41) is 6.72. The molecule has 1 aromatic rings. The van der Waals surface area contributed by atoms with Gasteiger partial charge in [0, 0.05) is 46.3 Å². The molecule has 7 nitrogen and oxygen atoms in total. The Bertz CT molecular complexity index is 612. The zero-order valence-electron chi connectivity index (χ0n) is 16.4. The van der Waals surface area contributed by atoms with Crippen molar-refractivity contribution >= 4 is 35.8 Å². The molecule has 2 N–H and O–H groups in total. The van der Waals surface area contributed by atoms with E-state index in [0.717, 1.165) is 36.8 Å². The number of aliphatic imine (C=N–C) groups is 1. The van der Waals surface area contributed by atoms with Crippen LogP contribution in [0.4, 0.5) is 0 Å². The van der Waals surface area contributed by atoms with Crippen LogP contribution >= 0.6 is 24.0 Å². The van der Waals surface area contributed by atoms with Crippen molar-refractivity contribution in [2.75, 3.05) is 40.5 Å². The Morgan fingerprint density at radius 3 is 2.89 bits per heavy atom. The third-order valence-corrected chi connectivity index (χ3v) is 4.32. The molecule has 1 aliphatic heterocycles. The second-order valence-electron chi connectivity index (χ2n) is 6.24. The minimum absolute atomic E-state index is 0. The average molecular weight is 490 g/mol. The molecule has 1 saturated heterocycles. The average Bonchev–Trinajstić information content (AvgIpc) is 3.13. The number of carbonyl (C=O) groups excluding carboxylic acids is 1. The van der Waals surface area contributed by atoms with Crippen molar-refractivity contribution in [3.8, 4) is 5.75 Å². The Hall–Kier alpha value is -1.55.